The Morgan fingerprint density at radius 3 is 2.59 bits per heavy atom. The van der Waals surface area contributed by atoms with Crippen LogP contribution in [0.2, 0.25) is 0 Å². The zero-order valence-electron chi connectivity index (χ0n) is 31.8. The molecule has 3 aromatic rings. The number of aryl methyl sites for hydroxylation is 1. The van der Waals surface area contributed by atoms with Gasteiger partial charge in [0.1, 0.15) is 18.6 Å². The van der Waals surface area contributed by atoms with E-state index in [-0.39, 0.29) is 36.4 Å². The van der Waals surface area contributed by atoms with Gasteiger partial charge < -0.3 is 43.7 Å². The number of aromatic hydroxyl groups is 2. The first kappa shape index (κ1) is 36.9. The average molecular weight is 788 g/mol. The fourth-order valence-corrected chi connectivity index (χ4v) is 11.9. The third-order valence-corrected chi connectivity index (χ3v) is 13.9. The largest absolute Gasteiger partial charge is 0.504 e. The van der Waals surface area contributed by atoms with E-state index in [2.05, 4.69) is 16.8 Å². The summed E-state index contributed by atoms with van der Waals surface area (Å²) in [4.78, 5) is 31.9. The van der Waals surface area contributed by atoms with Crippen LogP contribution in [0.4, 0.5) is 0 Å². The van der Waals surface area contributed by atoms with E-state index in [0.717, 1.165) is 16.7 Å². The van der Waals surface area contributed by atoms with E-state index in [4.69, 9.17) is 28.4 Å². The number of rotatable bonds is 5. The second kappa shape index (κ2) is 13.5. The van der Waals surface area contributed by atoms with Gasteiger partial charge in [-0.1, -0.05) is 12.1 Å². The molecule has 2 saturated heterocycles. The van der Waals surface area contributed by atoms with Crippen LogP contribution in [0.3, 0.4) is 0 Å². The molecule has 4 bridgehead atoms. The Balaban J connectivity index is 1.33. The summed E-state index contributed by atoms with van der Waals surface area (Å²) in [6, 6.07) is 2.96. The number of benzene rings is 3. The maximum Gasteiger partial charge on any atom is 0.331 e. The van der Waals surface area contributed by atoms with Crippen LogP contribution in [0.5, 0.6) is 40.2 Å². The zero-order chi connectivity index (χ0) is 39.4. The molecule has 0 amide bonds. The quantitative estimate of drug-likeness (QED) is 0.167. The first-order valence-electron chi connectivity index (χ1n) is 18.8. The average Bonchev–Trinajstić information content (AvgIpc) is 3.66. The molecular weight excluding hydrogens is 743 g/mol. The number of fused-ring (bicyclic) bond motifs is 9. The van der Waals surface area contributed by atoms with Crippen molar-refractivity contribution in [2.45, 2.75) is 74.8 Å². The number of aliphatic hydroxyl groups is 1. The number of nitrogens with one attached hydrogen (secondary N) is 1. The number of ether oxygens (including phenoxy) is 6. The number of nitrogens with zero attached hydrogens (tertiary/aromatic N) is 2. The number of piperazine rings is 1. The van der Waals surface area contributed by atoms with E-state index in [1.807, 2.05) is 24.8 Å². The van der Waals surface area contributed by atoms with Gasteiger partial charge in [-0.2, -0.15) is 0 Å². The van der Waals surface area contributed by atoms with Gasteiger partial charge in [-0.3, -0.25) is 19.9 Å². The third kappa shape index (κ3) is 5.10. The predicted molar refractivity (Wildman–Crippen MR) is 204 cm³/mol. The SMILES string of the molecule is C=CCN1C2c3c(cc(C)c(OC)c3O)C[C@@H]1[C@H](O)N1C2[C@@H]2SC[C@]3(NCCc4cc(O)c(OC)cc43)C(=O)OC[C@@H]1c1c3c(c(C)c(OC(C)=O)c12)OCO3. The van der Waals surface area contributed by atoms with Gasteiger partial charge in [0.05, 0.1) is 37.6 Å². The summed E-state index contributed by atoms with van der Waals surface area (Å²) in [5.74, 6) is 0.846. The molecule has 296 valence electrons. The van der Waals surface area contributed by atoms with E-state index >= 15 is 0 Å². The maximum atomic E-state index is 14.8. The number of hydrogen-bond donors (Lipinski definition) is 4. The number of aliphatic hydroxyl groups excluding tert-OH is 1. The molecule has 2 fully saturated rings. The summed E-state index contributed by atoms with van der Waals surface area (Å²) in [5, 5.41) is 38.5. The van der Waals surface area contributed by atoms with Crippen LogP contribution in [0.25, 0.3) is 0 Å². The Bertz CT molecular complexity index is 2200. The van der Waals surface area contributed by atoms with Gasteiger partial charge in [0, 0.05) is 54.1 Å². The monoisotopic (exact) mass is 787 g/mol. The molecule has 0 radical (unpaired) electrons. The van der Waals surface area contributed by atoms with Gasteiger partial charge in [-0.15, -0.1) is 18.3 Å². The van der Waals surface area contributed by atoms with Gasteiger partial charge in [0.15, 0.2) is 40.0 Å². The fourth-order valence-electron chi connectivity index (χ4n) is 10.2. The maximum absolute atomic E-state index is 14.8. The van der Waals surface area contributed by atoms with Gasteiger partial charge >= 0.3 is 11.9 Å². The molecule has 4 N–H and O–H groups in total. The van der Waals surface area contributed by atoms with Crippen molar-refractivity contribution in [2.75, 3.05) is 46.5 Å². The molecule has 14 nitrogen and oxygen atoms in total. The second-order valence-electron chi connectivity index (χ2n) is 15.3. The molecular formula is C41H45N3O11S. The lowest BCUT2D eigenvalue weighted by molar-refractivity contribution is -0.189. The van der Waals surface area contributed by atoms with E-state index in [1.165, 1.54) is 32.9 Å². The summed E-state index contributed by atoms with van der Waals surface area (Å²) < 4.78 is 36.1. The first-order chi connectivity index (χ1) is 26.9. The van der Waals surface area contributed by atoms with Crippen molar-refractivity contribution >= 4 is 23.7 Å². The van der Waals surface area contributed by atoms with Crippen LogP contribution < -0.4 is 29.0 Å². The number of carbonyl (C=O) groups excluding carboxylic acids is 2. The molecule has 56 heavy (non-hydrogen) atoms. The van der Waals surface area contributed by atoms with E-state index in [9.17, 15) is 24.9 Å². The lowest BCUT2D eigenvalue weighted by Gasteiger charge is -2.62. The Labute approximate surface area is 328 Å². The normalized spacial score (nSPS) is 28.7. The fraction of sp³-hybridized carbons (Fsp3) is 0.463. The van der Waals surface area contributed by atoms with Gasteiger partial charge in [0.25, 0.3) is 0 Å². The molecule has 3 aromatic carbocycles. The Morgan fingerprint density at radius 1 is 1.07 bits per heavy atom. The molecule has 15 heteroatoms. The van der Waals surface area contributed by atoms with Crippen LogP contribution in [-0.2, 0) is 32.7 Å². The van der Waals surface area contributed by atoms with Crippen molar-refractivity contribution in [1.82, 2.24) is 15.1 Å². The van der Waals surface area contributed by atoms with Gasteiger partial charge in [0.2, 0.25) is 6.79 Å². The molecule has 0 aliphatic carbocycles. The van der Waals surface area contributed by atoms with Crippen LogP contribution >= 0.6 is 11.8 Å². The molecule has 2 unspecified atom stereocenters. The van der Waals surface area contributed by atoms with Crippen molar-refractivity contribution in [3.63, 3.8) is 0 Å². The molecule has 7 heterocycles. The molecule has 7 atom stereocenters. The molecule has 7 aliphatic heterocycles. The Kier molecular flexibility index (Phi) is 8.89. The zero-order valence-corrected chi connectivity index (χ0v) is 32.7. The molecule has 1 spiro atoms. The van der Waals surface area contributed by atoms with Crippen molar-refractivity contribution < 1.29 is 53.3 Å². The summed E-state index contributed by atoms with van der Waals surface area (Å²) in [5.41, 5.74) is 4.24. The minimum absolute atomic E-state index is 0.0225. The van der Waals surface area contributed by atoms with Crippen molar-refractivity contribution in [3.8, 4) is 40.2 Å². The van der Waals surface area contributed by atoms with Crippen LogP contribution in [0.1, 0.15) is 68.8 Å². The predicted octanol–water partition coefficient (Wildman–Crippen LogP) is 3.97. The number of methoxy groups -OCH3 is 2. The number of phenolic OH excluding ortho intramolecular Hbond substituents is 2. The topological polar surface area (TPSA) is 169 Å². The minimum atomic E-state index is -1.38. The Morgan fingerprint density at radius 2 is 1.86 bits per heavy atom. The number of thioether (sulfide) groups is 1. The first-order valence-corrected chi connectivity index (χ1v) is 19.8. The lowest BCUT2D eigenvalue weighted by atomic mass is 9.72. The highest BCUT2D eigenvalue weighted by molar-refractivity contribution is 7.99. The summed E-state index contributed by atoms with van der Waals surface area (Å²) in [6.45, 7) is 9.69. The molecule has 7 aliphatic rings. The highest BCUT2D eigenvalue weighted by atomic mass is 32.2. The number of phenols is 2. The van der Waals surface area contributed by atoms with E-state index in [1.54, 1.807) is 18.2 Å². The number of esters is 2. The summed E-state index contributed by atoms with van der Waals surface area (Å²) >= 11 is 1.46. The van der Waals surface area contributed by atoms with Gasteiger partial charge in [-0.05, 0) is 61.1 Å². The highest BCUT2D eigenvalue weighted by Gasteiger charge is 2.62. The molecule has 0 aromatic heterocycles. The van der Waals surface area contributed by atoms with Crippen molar-refractivity contribution in [2.24, 2.45) is 0 Å². The van der Waals surface area contributed by atoms with E-state index < -0.39 is 53.1 Å². The summed E-state index contributed by atoms with van der Waals surface area (Å²) in [6.07, 6.45) is 1.69. The van der Waals surface area contributed by atoms with Crippen LogP contribution in [-0.4, -0.2) is 102 Å². The standard InChI is InChI=1S/C41H45N3O11S/c1-7-10-43-24-12-22-11-18(2)34(51-6)33(47)28(22)31(43)32-38-30-29(37-36(53-17-54-37)19(3)35(30)55-20(4)45)25(44(32)39(24)48)15-52-40(49)41(16-56-38)23-14-27(50-5)26(46)13-21(23)8-9-42-41/h7,11,13-14,24-25,31-32,38-39,42,46-48H,1,8-10,12,15-17H2,2-6H3/t24-,25-,31?,32?,38-,39+,41-/m1/s1. The van der Waals surface area contributed by atoms with Crippen molar-refractivity contribution in [1.29, 1.82) is 0 Å². The van der Waals surface area contributed by atoms with Crippen LogP contribution in [0.15, 0.2) is 30.9 Å². The van der Waals surface area contributed by atoms with Crippen LogP contribution in [0, 0.1) is 13.8 Å². The van der Waals surface area contributed by atoms with Crippen molar-refractivity contribution in [3.05, 3.63) is 75.4 Å². The summed E-state index contributed by atoms with van der Waals surface area (Å²) in [7, 11) is 2.99. The second-order valence-corrected chi connectivity index (χ2v) is 16.4. The number of carbonyl (C=O) groups is 2. The third-order valence-electron chi connectivity index (χ3n) is 12.4. The molecule has 10 rings (SSSR count). The smallest absolute Gasteiger partial charge is 0.331 e. The number of hydrogen-bond acceptors (Lipinski definition) is 15. The van der Waals surface area contributed by atoms with E-state index in [0.29, 0.717) is 76.7 Å². The minimum Gasteiger partial charge on any atom is -0.504 e. The Hall–Kier alpha value is -4.67. The lowest BCUT2D eigenvalue weighted by Crippen LogP contribution is -2.70. The van der Waals surface area contributed by atoms with Gasteiger partial charge in [-0.25, -0.2) is 4.79 Å². The highest BCUT2D eigenvalue weighted by Crippen LogP contribution is 2.64. The molecule has 0 saturated carbocycles.